The molecule has 2 aromatic carbocycles. The van der Waals surface area contributed by atoms with Crippen molar-refractivity contribution in [2.45, 2.75) is 13.1 Å². The number of nitrogens with one attached hydrogen (secondary N) is 2. The van der Waals surface area contributed by atoms with Crippen molar-refractivity contribution in [3.63, 3.8) is 0 Å². The average Bonchev–Trinajstić information content (AvgIpc) is 2.63. The lowest BCUT2D eigenvalue weighted by atomic mass is 10.1. The van der Waals surface area contributed by atoms with Gasteiger partial charge in [0.2, 0.25) is 5.56 Å². The summed E-state index contributed by atoms with van der Waals surface area (Å²) in [4.78, 5) is 26.3. The molecule has 2 N–H and O–H groups in total. The summed E-state index contributed by atoms with van der Waals surface area (Å²) in [5.41, 5.74) is -0.632. The minimum absolute atomic E-state index is 0.0424. The Morgan fingerprint density at radius 1 is 1.04 bits per heavy atom. The van der Waals surface area contributed by atoms with Crippen molar-refractivity contribution in [2.75, 3.05) is 5.32 Å². The maximum absolute atomic E-state index is 13.1. The first-order valence-electron chi connectivity index (χ1n) is 8.18. The molecule has 0 bridgehead atoms. The van der Waals surface area contributed by atoms with Gasteiger partial charge in [0.1, 0.15) is 11.5 Å². The van der Waals surface area contributed by atoms with E-state index >= 15 is 0 Å². The lowest BCUT2D eigenvalue weighted by molar-refractivity contribution is -0.137. The summed E-state index contributed by atoms with van der Waals surface area (Å²) in [6, 6.07) is 12.0. The van der Waals surface area contributed by atoms with Crippen molar-refractivity contribution in [1.29, 1.82) is 0 Å². The fourth-order valence-electron chi connectivity index (χ4n) is 2.43. The molecule has 0 aliphatic rings. The number of carbonyl (C=O) groups excluding carboxylic acids is 1. The van der Waals surface area contributed by atoms with Gasteiger partial charge in [0, 0.05) is 18.0 Å². The summed E-state index contributed by atoms with van der Waals surface area (Å²) in [6.07, 6.45) is -3.31. The highest BCUT2D eigenvalue weighted by molar-refractivity contribution is 6.06. The molecule has 0 saturated carbocycles. The molecule has 1 amide bonds. The second-order valence-electron chi connectivity index (χ2n) is 6.02. The van der Waals surface area contributed by atoms with E-state index in [-0.39, 0.29) is 17.0 Å². The fourth-order valence-corrected chi connectivity index (χ4v) is 2.43. The predicted octanol–water partition coefficient (Wildman–Crippen LogP) is 4.75. The third-order valence-electron chi connectivity index (χ3n) is 3.83. The van der Waals surface area contributed by atoms with Gasteiger partial charge in [0.25, 0.3) is 5.91 Å². The number of benzene rings is 2. The van der Waals surface area contributed by atoms with Crippen molar-refractivity contribution >= 4 is 11.6 Å². The molecule has 8 heteroatoms. The van der Waals surface area contributed by atoms with Gasteiger partial charge < -0.3 is 15.0 Å². The smallest absolute Gasteiger partial charge is 0.416 e. The number of halogens is 3. The molecule has 0 fully saturated rings. The third kappa shape index (κ3) is 4.59. The van der Waals surface area contributed by atoms with Crippen LogP contribution in [0, 0.1) is 6.92 Å². The van der Waals surface area contributed by atoms with Crippen LogP contribution in [0.25, 0.3) is 0 Å². The van der Waals surface area contributed by atoms with Gasteiger partial charge in [-0.2, -0.15) is 13.2 Å². The standard InChI is InChI=1S/C20H15F3N2O3/c1-12-2-5-15(6-3-12)28-17-7-4-13(20(21,22)23)10-16(17)19(27)25-14-8-9-24-18(26)11-14/h2-11H,1H3,(H2,24,25,26,27). The second-order valence-corrected chi connectivity index (χ2v) is 6.02. The van der Waals surface area contributed by atoms with Gasteiger partial charge in [-0.1, -0.05) is 17.7 Å². The highest BCUT2D eigenvalue weighted by Crippen LogP contribution is 2.34. The molecule has 0 unspecified atom stereocenters. The number of hydrogen-bond donors (Lipinski definition) is 2. The molecule has 0 atom stereocenters. The minimum Gasteiger partial charge on any atom is -0.457 e. The molecule has 0 aliphatic heterocycles. The molecule has 0 saturated heterocycles. The van der Waals surface area contributed by atoms with E-state index in [4.69, 9.17) is 4.74 Å². The van der Waals surface area contributed by atoms with Crippen LogP contribution in [0.5, 0.6) is 11.5 Å². The van der Waals surface area contributed by atoms with E-state index in [0.717, 1.165) is 23.8 Å². The summed E-state index contributed by atoms with van der Waals surface area (Å²) in [5, 5.41) is 2.41. The second kappa shape index (κ2) is 7.59. The quantitative estimate of drug-likeness (QED) is 0.678. The molecular weight excluding hydrogens is 373 g/mol. The van der Waals surface area contributed by atoms with Crippen molar-refractivity contribution < 1.29 is 22.7 Å². The van der Waals surface area contributed by atoms with Gasteiger partial charge in [-0.15, -0.1) is 0 Å². The number of anilines is 1. The van der Waals surface area contributed by atoms with Crippen LogP contribution in [0.15, 0.2) is 65.6 Å². The number of hydrogen-bond acceptors (Lipinski definition) is 3. The molecule has 3 aromatic rings. The zero-order chi connectivity index (χ0) is 20.3. The van der Waals surface area contributed by atoms with Gasteiger partial charge in [-0.25, -0.2) is 0 Å². The van der Waals surface area contributed by atoms with E-state index in [1.165, 1.54) is 12.3 Å². The first kappa shape index (κ1) is 19.2. The van der Waals surface area contributed by atoms with Crippen LogP contribution < -0.4 is 15.6 Å². The number of alkyl halides is 3. The summed E-state index contributed by atoms with van der Waals surface area (Å²) in [5.74, 6) is -0.506. The lowest BCUT2D eigenvalue weighted by Crippen LogP contribution is -2.16. The number of ether oxygens (including phenoxy) is 1. The van der Waals surface area contributed by atoms with Crippen molar-refractivity contribution in [3.05, 3.63) is 87.8 Å². The van der Waals surface area contributed by atoms with E-state index in [9.17, 15) is 22.8 Å². The summed E-state index contributed by atoms with van der Waals surface area (Å²) >= 11 is 0. The first-order chi connectivity index (χ1) is 13.2. The molecule has 28 heavy (non-hydrogen) atoms. The first-order valence-corrected chi connectivity index (χ1v) is 8.18. The third-order valence-corrected chi connectivity index (χ3v) is 3.83. The highest BCUT2D eigenvalue weighted by Gasteiger charge is 2.32. The van der Waals surface area contributed by atoms with Crippen LogP contribution in [0.1, 0.15) is 21.5 Å². The zero-order valence-electron chi connectivity index (χ0n) is 14.6. The average molecular weight is 388 g/mol. The predicted molar refractivity (Wildman–Crippen MR) is 97.7 cm³/mol. The van der Waals surface area contributed by atoms with Gasteiger partial charge in [-0.05, 0) is 43.3 Å². The van der Waals surface area contributed by atoms with Crippen LogP contribution in [0.3, 0.4) is 0 Å². The molecule has 3 rings (SSSR count). The Kier molecular flexibility index (Phi) is 5.21. The van der Waals surface area contributed by atoms with E-state index in [1.54, 1.807) is 24.3 Å². The van der Waals surface area contributed by atoms with Crippen molar-refractivity contribution in [1.82, 2.24) is 4.98 Å². The Balaban J connectivity index is 1.98. The van der Waals surface area contributed by atoms with Crippen molar-refractivity contribution in [2.24, 2.45) is 0 Å². The Hall–Kier alpha value is -3.55. The number of aromatic amines is 1. The molecule has 0 radical (unpaired) electrons. The Bertz CT molecular complexity index is 1060. The molecule has 1 heterocycles. The van der Waals surface area contributed by atoms with Gasteiger partial charge in [-0.3, -0.25) is 9.59 Å². The molecule has 0 spiro atoms. The number of H-pyrrole nitrogens is 1. The van der Waals surface area contributed by atoms with Crippen LogP contribution in [-0.4, -0.2) is 10.9 Å². The fraction of sp³-hybridized carbons (Fsp3) is 0.100. The monoisotopic (exact) mass is 388 g/mol. The normalized spacial score (nSPS) is 11.1. The highest BCUT2D eigenvalue weighted by atomic mass is 19.4. The summed E-state index contributed by atoms with van der Waals surface area (Å²) in [6.45, 7) is 1.88. The molecule has 144 valence electrons. The minimum atomic E-state index is -4.62. The van der Waals surface area contributed by atoms with Gasteiger partial charge >= 0.3 is 6.18 Å². The van der Waals surface area contributed by atoms with Crippen LogP contribution in [0.2, 0.25) is 0 Å². The van der Waals surface area contributed by atoms with E-state index < -0.39 is 23.2 Å². The van der Waals surface area contributed by atoms with E-state index in [2.05, 4.69) is 10.3 Å². The molecule has 1 aromatic heterocycles. The number of carbonyl (C=O) groups is 1. The summed E-state index contributed by atoms with van der Waals surface area (Å²) < 4.78 is 44.9. The molecule has 0 aliphatic carbocycles. The zero-order valence-corrected chi connectivity index (χ0v) is 14.6. The van der Waals surface area contributed by atoms with Crippen LogP contribution in [-0.2, 0) is 6.18 Å². The number of pyridine rings is 1. The summed E-state index contributed by atoms with van der Waals surface area (Å²) in [7, 11) is 0. The Morgan fingerprint density at radius 2 is 1.75 bits per heavy atom. The maximum Gasteiger partial charge on any atom is 0.416 e. The van der Waals surface area contributed by atoms with Crippen LogP contribution >= 0.6 is 0 Å². The molecule has 5 nitrogen and oxygen atoms in total. The van der Waals surface area contributed by atoms with E-state index in [1.807, 2.05) is 6.92 Å². The maximum atomic E-state index is 13.1. The van der Waals surface area contributed by atoms with Crippen LogP contribution in [0.4, 0.5) is 18.9 Å². The Morgan fingerprint density at radius 3 is 2.39 bits per heavy atom. The van der Waals surface area contributed by atoms with Gasteiger partial charge in [0.15, 0.2) is 0 Å². The number of rotatable bonds is 4. The van der Waals surface area contributed by atoms with Crippen molar-refractivity contribution in [3.8, 4) is 11.5 Å². The number of aryl methyl sites for hydroxylation is 1. The number of amides is 1. The number of aromatic nitrogens is 1. The van der Waals surface area contributed by atoms with Gasteiger partial charge in [0.05, 0.1) is 11.1 Å². The lowest BCUT2D eigenvalue weighted by Gasteiger charge is -2.14. The largest absolute Gasteiger partial charge is 0.457 e. The topological polar surface area (TPSA) is 71.2 Å². The van der Waals surface area contributed by atoms with E-state index in [0.29, 0.717) is 11.8 Å². The molecular formula is C20H15F3N2O3. The SMILES string of the molecule is Cc1ccc(Oc2ccc(C(F)(F)F)cc2C(=O)Nc2cc[nH]c(=O)c2)cc1. The Labute approximate surface area is 157 Å².